The maximum absolute atomic E-state index is 11.9. The van der Waals surface area contributed by atoms with E-state index >= 15 is 0 Å². The third-order valence-corrected chi connectivity index (χ3v) is 3.06. The zero-order valence-electron chi connectivity index (χ0n) is 10.2. The van der Waals surface area contributed by atoms with Gasteiger partial charge in [0.1, 0.15) is 17.1 Å². The Kier molecular flexibility index (Phi) is 3.04. The van der Waals surface area contributed by atoms with Crippen LogP contribution >= 0.6 is 12.2 Å². The first kappa shape index (κ1) is 12.5. The molecule has 18 heavy (non-hydrogen) atoms. The van der Waals surface area contributed by atoms with Gasteiger partial charge in [0, 0.05) is 12.6 Å². The molecule has 0 unspecified atom stereocenters. The van der Waals surface area contributed by atoms with Crippen LogP contribution in [0.3, 0.4) is 0 Å². The first-order chi connectivity index (χ1) is 8.40. The molecule has 1 aliphatic heterocycles. The molecule has 0 atom stereocenters. The number of nitrogens with one attached hydrogen (secondary N) is 1. The van der Waals surface area contributed by atoms with Gasteiger partial charge in [-0.1, -0.05) is 0 Å². The average Bonchev–Trinajstić information content (AvgIpc) is 2.60. The van der Waals surface area contributed by atoms with Gasteiger partial charge in [0.15, 0.2) is 5.11 Å². The molecule has 5 nitrogen and oxygen atoms in total. The lowest BCUT2D eigenvalue weighted by atomic mass is 10.1. The number of hydrogen-bond acceptors (Lipinski definition) is 4. The second-order valence-corrected chi connectivity index (χ2v) is 4.44. The smallest absolute Gasteiger partial charge is 0.265 e. The SMILES string of the molecule is Cc1cc(/C=C2\C(=O)NC(=S)N(C)C2=O)c(C)o1. The minimum Gasteiger partial charge on any atom is -0.466 e. The molecule has 0 spiro atoms. The van der Waals surface area contributed by atoms with Crippen molar-refractivity contribution < 1.29 is 14.0 Å². The monoisotopic (exact) mass is 264 g/mol. The fourth-order valence-electron chi connectivity index (χ4n) is 1.69. The highest BCUT2D eigenvalue weighted by Gasteiger charge is 2.30. The van der Waals surface area contributed by atoms with E-state index in [1.165, 1.54) is 18.0 Å². The number of thiocarbonyl (C=S) groups is 1. The van der Waals surface area contributed by atoms with Crippen molar-refractivity contribution >= 4 is 35.2 Å². The van der Waals surface area contributed by atoms with Gasteiger partial charge in [-0.3, -0.25) is 19.8 Å². The Bertz CT molecular complexity index is 586. The molecule has 0 aliphatic carbocycles. The highest BCUT2D eigenvalue weighted by atomic mass is 32.1. The van der Waals surface area contributed by atoms with Gasteiger partial charge < -0.3 is 4.42 Å². The van der Waals surface area contributed by atoms with E-state index in [1.807, 2.05) is 0 Å². The summed E-state index contributed by atoms with van der Waals surface area (Å²) in [4.78, 5) is 24.9. The van der Waals surface area contributed by atoms with E-state index in [0.29, 0.717) is 11.3 Å². The van der Waals surface area contributed by atoms with Gasteiger partial charge in [-0.05, 0) is 38.2 Å². The highest BCUT2D eigenvalue weighted by Crippen LogP contribution is 2.19. The van der Waals surface area contributed by atoms with E-state index in [1.54, 1.807) is 19.9 Å². The molecule has 1 aromatic heterocycles. The Morgan fingerprint density at radius 3 is 2.61 bits per heavy atom. The lowest BCUT2D eigenvalue weighted by Gasteiger charge is -2.24. The Morgan fingerprint density at radius 1 is 1.39 bits per heavy atom. The van der Waals surface area contributed by atoms with E-state index < -0.39 is 11.8 Å². The van der Waals surface area contributed by atoms with Crippen molar-refractivity contribution in [2.75, 3.05) is 7.05 Å². The average molecular weight is 264 g/mol. The summed E-state index contributed by atoms with van der Waals surface area (Å²) in [5.74, 6) is 0.492. The van der Waals surface area contributed by atoms with Crippen molar-refractivity contribution in [1.82, 2.24) is 10.2 Å². The van der Waals surface area contributed by atoms with Crippen LogP contribution in [0.2, 0.25) is 0 Å². The Morgan fingerprint density at radius 2 is 2.06 bits per heavy atom. The van der Waals surface area contributed by atoms with E-state index in [9.17, 15) is 9.59 Å². The second-order valence-electron chi connectivity index (χ2n) is 4.05. The van der Waals surface area contributed by atoms with Gasteiger partial charge in [0.05, 0.1) is 0 Å². The lowest BCUT2D eigenvalue weighted by molar-refractivity contribution is -0.128. The molecule has 1 aliphatic rings. The largest absolute Gasteiger partial charge is 0.466 e. The van der Waals surface area contributed by atoms with Crippen LogP contribution in [0.1, 0.15) is 17.1 Å². The van der Waals surface area contributed by atoms with Crippen LogP contribution in [0.25, 0.3) is 6.08 Å². The van der Waals surface area contributed by atoms with Crippen molar-refractivity contribution in [2.45, 2.75) is 13.8 Å². The molecular formula is C12H12N2O3S. The minimum atomic E-state index is -0.485. The van der Waals surface area contributed by atoms with Crippen LogP contribution in [-0.2, 0) is 9.59 Å². The summed E-state index contributed by atoms with van der Waals surface area (Å²) in [6.45, 7) is 3.58. The summed E-state index contributed by atoms with van der Waals surface area (Å²) in [6.07, 6.45) is 1.52. The summed E-state index contributed by atoms with van der Waals surface area (Å²) in [5, 5.41) is 2.57. The van der Waals surface area contributed by atoms with Crippen molar-refractivity contribution in [1.29, 1.82) is 0 Å². The van der Waals surface area contributed by atoms with Crippen molar-refractivity contribution in [3.05, 3.63) is 28.7 Å². The van der Waals surface area contributed by atoms with Gasteiger partial charge in [-0.2, -0.15) is 0 Å². The van der Waals surface area contributed by atoms with Gasteiger partial charge >= 0.3 is 0 Å². The van der Waals surface area contributed by atoms with Gasteiger partial charge in [-0.15, -0.1) is 0 Å². The maximum Gasteiger partial charge on any atom is 0.265 e. The van der Waals surface area contributed by atoms with Crippen molar-refractivity contribution in [2.24, 2.45) is 0 Å². The van der Waals surface area contributed by atoms with Crippen LogP contribution in [0.15, 0.2) is 16.1 Å². The van der Waals surface area contributed by atoms with Gasteiger partial charge in [0.2, 0.25) is 0 Å². The summed E-state index contributed by atoms with van der Waals surface area (Å²) in [5.41, 5.74) is 0.766. The van der Waals surface area contributed by atoms with E-state index in [-0.39, 0.29) is 10.7 Å². The van der Waals surface area contributed by atoms with Crippen LogP contribution in [0, 0.1) is 13.8 Å². The normalized spacial score (nSPS) is 18.5. The van der Waals surface area contributed by atoms with E-state index in [0.717, 1.165) is 5.76 Å². The number of carbonyl (C=O) groups excluding carboxylic acids is 2. The highest BCUT2D eigenvalue weighted by molar-refractivity contribution is 7.80. The summed E-state index contributed by atoms with van der Waals surface area (Å²) >= 11 is 4.86. The minimum absolute atomic E-state index is 0.0509. The van der Waals surface area contributed by atoms with Crippen LogP contribution in [0.5, 0.6) is 0 Å². The number of furan rings is 1. The zero-order valence-corrected chi connectivity index (χ0v) is 11.1. The number of aryl methyl sites for hydroxylation is 2. The molecule has 6 heteroatoms. The summed E-state index contributed by atoms with van der Waals surface area (Å²) in [6, 6.07) is 1.77. The third kappa shape index (κ3) is 2.06. The van der Waals surface area contributed by atoms with Crippen molar-refractivity contribution in [3.8, 4) is 0 Å². The summed E-state index contributed by atoms with van der Waals surface area (Å²) < 4.78 is 5.35. The predicted octanol–water partition coefficient (Wildman–Crippen LogP) is 1.15. The van der Waals surface area contributed by atoms with Gasteiger partial charge in [-0.25, -0.2) is 0 Å². The number of hydrogen-bond donors (Lipinski definition) is 1. The quantitative estimate of drug-likeness (QED) is 0.469. The molecule has 2 rings (SSSR count). The molecule has 0 saturated carbocycles. The maximum atomic E-state index is 11.9. The van der Waals surface area contributed by atoms with E-state index in [4.69, 9.17) is 16.6 Å². The second kappa shape index (κ2) is 4.38. The lowest BCUT2D eigenvalue weighted by Crippen LogP contribution is -2.52. The topological polar surface area (TPSA) is 62.6 Å². The molecule has 1 N–H and O–H groups in total. The number of amides is 2. The Labute approximate surface area is 109 Å². The molecule has 2 amide bonds. The van der Waals surface area contributed by atoms with Crippen molar-refractivity contribution in [3.63, 3.8) is 0 Å². The van der Waals surface area contributed by atoms with Gasteiger partial charge in [0.25, 0.3) is 11.8 Å². The molecule has 0 aromatic carbocycles. The predicted molar refractivity (Wildman–Crippen MR) is 69.7 cm³/mol. The standard InChI is InChI=1S/C12H12N2O3S/c1-6-4-8(7(2)17-6)5-9-10(15)13-12(18)14(3)11(9)16/h4-5H,1-3H3,(H,13,15,18)/b9-5+. The molecule has 94 valence electrons. The number of nitrogens with zero attached hydrogens (tertiary/aromatic N) is 1. The number of carbonyl (C=O) groups is 2. The van der Waals surface area contributed by atoms with E-state index in [2.05, 4.69) is 5.32 Å². The number of likely N-dealkylation sites (N-methyl/N-ethyl adjacent to an activating group) is 1. The Balaban J connectivity index is 2.43. The fourth-order valence-corrected chi connectivity index (χ4v) is 1.87. The molecule has 1 saturated heterocycles. The summed E-state index contributed by atoms with van der Waals surface area (Å²) in [7, 11) is 1.52. The number of rotatable bonds is 1. The third-order valence-electron chi connectivity index (χ3n) is 2.68. The molecule has 1 fully saturated rings. The van der Waals surface area contributed by atoms with Crippen LogP contribution in [-0.4, -0.2) is 28.9 Å². The zero-order chi connectivity index (χ0) is 13.4. The van der Waals surface area contributed by atoms with Crippen LogP contribution in [0.4, 0.5) is 0 Å². The molecule has 0 radical (unpaired) electrons. The molecule has 1 aromatic rings. The van der Waals surface area contributed by atoms with Crippen LogP contribution < -0.4 is 5.32 Å². The molecular weight excluding hydrogens is 252 g/mol. The fraction of sp³-hybridized carbons (Fsp3) is 0.250. The first-order valence-corrected chi connectivity index (χ1v) is 5.73. The molecule has 2 heterocycles. The Hall–Kier alpha value is -1.95. The first-order valence-electron chi connectivity index (χ1n) is 5.32. The molecule has 0 bridgehead atoms.